The van der Waals surface area contributed by atoms with Gasteiger partial charge in [-0.25, -0.2) is 39.3 Å². The Morgan fingerprint density at radius 3 is 1.26 bits per heavy atom. The van der Waals surface area contributed by atoms with Crippen LogP contribution in [-0.4, -0.2) is 112 Å². The van der Waals surface area contributed by atoms with Gasteiger partial charge in [-0.15, -0.1) is 0 Å². The second-order valence-electron chi connectivity index (χ2n) is 20.3. The van der Waals surface area contributed by atoms with Crippen molar-refractivity contribution in [3.8, 4) is 0 Å². The van der Waals surface area contributed by atoms with E-state index in [1.54, 1.807) is 131 Å². The number of nitrogen functional groups attached to an aromatic ring is 1. The molecule has 0 saturated carbocycles. The maximum Gasteiger partial charge on any atom is 0.416 e. The van der Waals surface area contributed by atoms with Crippen molar-refractivity contribution < 1.29 is 48.1 Å². The number of rotatable bonds is 18. The first-order valence-electron chi connectivity index (χ1n) is 28.5. The predicted molar refractivity (Wildman–Crippen MR) is 371 cm³/mol. The number of aliphatic hydroxyl groups is 1. The Kier molecular flexibility index (Phi) is 32.7. The Morgan fingerprint density at radius 2 is 0.907 bits per heavy atom. The summed E-state index contributed by atoms with van der Waals surface area (Å²) in [5.74, 6) is 2.04. The highest BCUT2D eigenvalue weighted by Crippen LogP contribution is 2.24. The molecule has 0 aliphatic carbocycles. The number of halogens is 5. The second-order valence-corrected chi connectivity index (χ2v) is 22.3. The number of anilines is 5. The Hall–Kier alpha value is -10.7. The summed E-state index contributed by atoms with van der Waals surface area (Å²) in [7, 11) is 2.65. The normalized spacial score (nSPS) is 10.1. The van der Waals surface area contributed by atoms with E-state index in [1.165, 1.54) is 62.5 Å². The number of amides is 1. The average molecular weight is 1420 g/mol. The van der Waals surface area contributed by atoms with Crippen molar-refractivity contribution in [2.45, 2.75) is 59.2 Å². The monoisotopic (exact) mass is 1410 g/mol. The van der Waals surface area contributed by atoms with Crippen molar-refractivity contribution in [3.63, 3.8) is 0 Å². The maximum absolute atomic E-state index is 12.6. The van der Waals surface area contributed by atoms with Crippen LogP contribution in [0, 0.1) is 0 Å². The molecule has 25 nitrogen and oxygen atoms in total. The van der Waals surface area contributed by atoms with E-state index in [2.05, 4.69) is 75.3 Å². The van der Waals surface area contributed by atoms with Gasteiger partial charge in [0.15, 0.2) is 18.9 Å². The number of carbonyl (C=O) groups is 6. The van der Waals surface area contributed by atoms with Gasteiger partial charge in [-0.2, -0.15) is 0 Å². The quantitative estimate of drug-likeness (QED) is 0.0303. The van der Waals surface area contributed by atoms with Crippen molar-refractivity contribution in [1.29, 1.82) is 0 Å². The molecule has 0 atom stereocenters. The van der Waals surface area contributed by atoms with Crippen LogP contribution in [-0.2, 0) is 47.0 Å². The molecular formula is C67H64Cl5N15O10. The number of aromatic nitrogens is 10. The van der Waals surface area contributed by atoms with Crippen LogP contribution in [0.3, 0.4) is 0 Å². The maximum atomic E-state index is 12.6. The molecule has 10 heterocycles. The first-order chi connectivity index (χ1) is 46.7. The van der Waals surface area contributed by atoms with E-state index in [-0.39, 0.29) is 13.2 Å². The molecule has 0 bridgehead atoms. The van der Waals surface area contributed by atoms with E-state index in [0.717, 1.165) is 34.4 Å². The first kappa shape index (κ1) is 77.0. The minimum atomic E-state index is -0.653. The number of ether oxygens (including phenoxy) is 3. The fourth-order valence-corrected chi connectivity index (χ4v) is 8.03. The number of hydrogen-bond donors (Lipinski definition) is 5. The van der Waals surface area contributed by atoms with Crippen LogP contribution < -0.4 is 26.6 Å². The standard InChI is InChI=1S/C17H18ClN3O3.C13H12ClN3O2.C12H12ClN3O.C12H10ClN3O.C7H8N2O2.C6H4ClNO/c1-17(2,3)24-16(23)21(10-13-6-7-19-9-14(13)18)15-5-4-12(11-22)8-20-15;1-19-13(18)10-2-3-12(17-7-10)16-6-9-4-5-15-8-11(9)14;2*13-11-7-14-4-3-10(11)6-16-12-2-1-9(8-17)5-15-12;1-11-7(10)5-2-3-6(8)9-4-5;7-6-1-2-8-3-5(6)4-9/h4-9,11H,10H2,1-3H3;2-5,7-8H,6H2,1H3,(H,16,17);1-5,7,17H,6,8H2,(H,15,16);1-5,7-8H,6H2,(H,15,16);2-4H,1H3,(H2,8,9);1-4H. The smallest absolute Gasteiger partial charge is 0.416 e. The van der Waals surface area contributed by atoms with Gasteiger partial charge in [-0.1, -0.05) is 64.1 Å². The number of carbonyl (C=O) groups excluding carboxylic acids is 6. The van der Waals surface area contributed by atoms with Crippen molar-refractivity contribution >= 4 is 124 Å². The van der Waals surface area contributed by atoms with Gasteiger partial charge in [0, 0.05) is 124 Å². The van der Waals surface area contributed by atoms with Crippen LogP contribution >= 0.6 is 58.0 Å². The van der Waals surface area contributed by atoms with Crippen LogP contribution in [0.4, 0.5) is 33.9 Å². The molecule has 1 amide bonds. The van der Waals surface area contributed by atoms with Crippen molar-refractivity contribution in [2.75, 3.05) is 40.8 Å². The Labute approximate surface area is 583 Å². The Bertz CT molecular complexity index is 4110. The number of esters is 2. The molecule has 0 aliphatic rings. The van der Waals surface area contributed by atoms with E-state index in [0.29, 0.717) is 114 Å². The lowest BCUT2D eigenvalue weighted by Crippen LogP contribution is -2.37. The highest BCUT2D eigenvalue weighted by atomic mass is 35.5. The van der Waals surface area contributed by atoms with Gasteiger partial charge in [0.2, 0.25) is 0 Å². The van der Waals surface area contributed by atoms with Gasteiger partial charge in [0.25, 0.3) is 0 Å². The van der Waals surface area contributed by atoms with E-state index in [1.807, 2.05) is 30.3 Å². The van der Waals surface area contributed by atoms with Gasteiger partial charge in [-0.05, 0) is 134 Å². The molecule has 10 aromatic heterocycles. The van der Waals surface area contributed by atoms with E-state index in [9.17, 15) is 28.8 Å². The average Bonchev–Trinajstić information content (AvgIpc) is 0.932. The number of aldehydes is 3. The van der Waals surface area contributed by atoms with Gasteiger partial charge < -0.3 is 41.0 Å². The van der Waals surface area contributed by atoms with Crippen molar-refractivity contribution in [3.05, 3.63) is 265 Å². The summed E-state index contributed by atoms with van der Waals surface area (Å²) in [5, 5.41) is 21.0. The largest absolute Gasteiger partial charge is 0.465 e. The highest BCUT2D eigenvalue weighted by Gasteiger charge is 2.25. The molecule has 10 aromatic rings. The summed E-state index contributed by atoms with van der Waals surface area (Å²) in [4.78, 5) is 107. The van der Waals surface area contributed by atoms with Gasteiger partial charge in [0.1, 0.15) is 34.7 Å². The molecule has 30 heteroatoms. The molecule has 97 heavy (non-hydrogen) atoms. The van der Waals surface area contributed by atoms with Gasteiger partial charge in [-0.3, -0.25) is 44.2 Å². The lowest BCUT2D eigenvalue weighted by Gasteiger charge is -2.27. The summed E-state index contributed by atoms with van der Waals surface area (Å²) in [5.41, 5.74) is 11.2. The summed E-state index contributed by atoms with van der Waals surface area (Å²) in [6.45, 7) is 7.21. The van der Waals surface area contributed by atoms with Crippen molar-refractivity contribution in [2.24, 2.45) is 0 Å². The summed E-state index contributed by atoms with van der Waals surface area (Å²) < 4.78 is 14.5. The van der Waals surface area contributed by atoms with Crippen LogP contribution in [0.1, 0.15) is 100 Å². The van der Waals surface area contributed by atoms with E-state index >= 15 is 0 Å². The molecule has 0 saturated heterocycles. The number of hydrogen-bond acceptors (Lipinski definition) is 24. The van der Waals surface area contributed by atoms with Gasteiger partial charge >= 0.3 is 18.0 Å². The second kappa shape index (κ2) is 41.2. The predicted octanol–water partition coefficient (Wildman–Crippen LogP) is 13.2. The zero-order valence-corrected chi connectivity index (χ0v) is 56.4. The molecule has 0 spiro atoms. The summed E-state index contributed by atoms with van der Waals surface area (Å²) in [6.07, 6.45) is 24.9. The topological polar surface area (TPSA) is 345 Å². The molecule has 502 valence electrons. The number of pyridine rings is 10. The molecule has 10 rings (SSSR count). The number of nitrogens with two attached hydrogens (primary N) is 1. The number of nitrogens with zero attached hydrogens (tertiary/aromatic N) is 11. The number of methoxy groups -OCH3 is 2. The highest BCUT2D eigenvalue weighted by molar-refractivity contribution is 6.33. The fraction of sp³-hybridized carbons (Fsp3) is 0.164. The third-order valence-electron chi connectivity index (χ3n) is 12.2. The Morgan fingerprint density at radius 1 is 0.485 bits per heavy atom. The molecule has 0 aliphatic heterocycles. The summed E-state index contributed by atoms with van der Waals surface area (Å²) >= 11 is 29.6. The zero-order chi connectivity index (χ0) is 70.5. The van der Waals surface area contributed by atoms with Crippen LogP contribution in [0.5, 0.6) is 0 Å². The molecule has 0 unspecified atom stereocenters. The lowest BCUT2D eigenvalue weighted by molar-refractivity contribution is 0.0571. The minimum absolute atomic E-state index is 0.00344. The third kappa shape index (κ3) is 27.7. The molecule has 0 aromatic carbocycles. The minimum Gasteiger partial charge on any atom is -0.465 e. The first-order valence-corrected chi connectivity index (χ1v) is 30.4. The summed E-state index contributed by atoms with van der Waals surface area (Å²) in [6, 6.07) is 25.6. The van der Waals surface area contributed by atoms with Crippen LogP contribution in [0.25, 0.3) is 0 Å². The molecular weight excluding hydrogens is 1350 g/mol. The van der Waals surface area contributed by atoms with E-state index < -0.39 is 23.6 Å². The molecule has 0 fully saturated rings. The zero-order valence-electron chi connectivity index (χ0n) is 52.6. The number of nitrogens with one attached hydrogen (secondary N) is 3. The molecule has 6 N–H and O–H groups in total. The van der Waals surface area contributed by atoms with Crippen LogP contribution in [0.15, 0.2) is 184 Å². The SMILES string of the molecule is CC(C)(C)OC(=O)N(Cc1ccncc1Cl)c1ccc(C=O)cn1.COC(=O)c1ccc(N)nc1.COC(=O)c1ccc(NCc2ccncc2Cl)nc1.O=Cc1ccc(NCc2ccncc2Cl)nc1.O=Cc1cnccc1Cl.OCc1ccc(NCc2ccncc2Cl)nc1. The van der Waals surface area contributed by atoms with E-state index in [4.69, 9.17) is 73.6 Å². The number of aliphatic hydroxyl groups excluding tert-OH is 1. The lowest BCUT2D eigenvalue weighted by atomic mass is 10.2. The Balaban J connectivity index is 0.000000215. The molecule has 0 radical (unpaired) electrons. The van der Waals surface area contributed by atoms with Gasteiger partial charge in [0.05, 0.1) is 69.2 Å². The fourth-order valence-electron chi connectivity index (χ4n) is 7.14. The van der Waals surface area contributed by atoms with Crippen LogP contribution in [0.2, 0.25) is 25.1 Å². The van der Waals surface area contributed by atoms with Crippen molar-refractivity contribution in [1.82, 2.24) is 49.8 Å². The third-order valence-corrected chi connectivity index (χ3v) is 13.9.